The molecule has 94 valence electrons. The number of fused-ring (bicyclic) bond motifs is 1. The minimum Gasteiger partial charge on any atom is -0.381 e. The Morgan fingerprint density at radius 1 is 1.44 bits per heavy atom. The highest BCUT2D eigenvalue weighted by Gasteiger charge is 2.26. The molecule has 0 radical (unpaired) electrons. The number of nitrogens with two attached hydrogens (primary N) is 1. The van der Waals surface area contributed by atoms with Crippen LogP contribution in [-0.2, 0) is 4.74 Å². The summed E-state index contributed by atoms with van der Waals surface area (Å²) in [4.78, 5) is 15.8. The van der Waals surface area contributed by atoms with Crippen LogP contribution in [0.25, 0.3) is 5.65 Å². The summed E-state index contributed by atoms with van der Waals surface area (Å²) in [6.07, 6.45) is 5.14. The van der Waals surface area contributed by atoms with Crippen LogP contribution in [0.5, 0.6) is 0 Å². The maximum absolute atomic E-state index is 11.6. The number of primary amides is 1. The maximum Gasteiger partial charge on any atom is 0.254 e. The number of hydrogen-bond acceptors (Lipinski definition) is 4. The van der Waals surface area contributed by atoms with Crippen LogP contribution in [0.15, 0.2) is 18.5 Å². The first-order chi connectivity index (χ1) is 8.77. The molecule has 1 amide bonds. The minimum atomic E-state index is -0.467. The molecule has 1 saturated heterocycles. The van der Waals surface area contributed by atoms with Crippen LogP contribution in [-0.4, -0.2) is 33.7 Å². The van der Waals surface area contributed by atoms with E-state index in [9.17, 15) is 4.79 Å². The molecule has 3 rings (SSSR count). The number of ether oxygens (including phenoxy) is 1. The van der Waals surface area contributed by atoms with Crippen LogP contribution in [0.4, 0.5) is 0 Å². The molecule has 2 aromatic rings. The molecule has 18 heavy (non-hydrogen) atoms. The van der Waals surface area contributed by atoms with E-state index in [1.807, 2.05) is 0 Å². The fraction of sp³-hybridized carbons (Fsp3) is 0.417. The van der Waals surface area contributed by atoms with Gasteiger partial charge in [0.05, 0.1) is 5.69 Å². The van der Waals surface area contributed by atoms with Gasteiger partial charge in [0, 0.05) is 31.5 Å². The van der Waals surface area contributed by atoms with Gasteiger partial charge in [0.1, 0.15) is 5.56 Å². The molecule has 1 aliphatic heterocycles. The first kappa shape index (κ1) is 11.2. The Balaban J connectivity index is 2.14. The lowest BCUT2D eigenvalue weighted by atomic mass is 9.93. The van der Waals surface area contributed by atoms with Crippen molar-refractivity contribution in [2.45, 2.75) is 18.8 Å². The second-order valence-electron chi connectivity index (χ2n) is 4.40. The van der Waals surface area contributed by atoms with Gasteiger partial charge in [-0.15, -0.1) is 0 Å². The van der Waals surface area contributed by atoms with Gasteiger partial charge in [0.15, 0.2) is 5.65 Å². The Kier molecular flexibility index (Phi) is 2.71. The number of nitrogens with zero attached hydrogens (tertiary/aromatic N) is 3. The molecule has 0 saturated carbocycles. The summed E-state index contributed by atoms with van der Waals surface area (Å²) in [6.45, 7) is 1.40. The molecule has 0 spiro atoms. The van der Waals surface area contributed by atoms with Crippen molar-refractivity contribution in [1.82, 2.24) is 14.6 Å². The quantitative estimate of drug-likeness (QED) is 0.846. The fourth-order valence-electron chi connectivity index (χ4n) is 2.40. The van der Waals surface area contributed by atoms with Crippen molar-refractivity contribution in [2.24, 2.45) is 5.73 Å². The van der Waals surface area contributed by atoms with Crippen LogP contribution in [0.3, 0.4) is 0 Å². The lowest BCUT2D eigenvalue weighted by Gasteiger charge is -2.20. The molecular formula is C12H14N4O2. The molecule has 0 aromatic carbocycles. The summed E-state index contributed by atoms with van der Waals surface area (Å²) in [5.74, 6) is -0.242. The van der Waals surface area contributed by atoms with E-state index < -0.39 is 5.91 Å². The Hall–Kier alpha value is -1.95. The lowest BCUT2D eigenvalue weighted by Crippen LogP contribution is -2.19. The second-order valence-corrected chi connectivity index (χ2v) is 4.40. The van der Waals surface area contributed by atoms with E-state index in [-0.39, 0.29) is 5.92 Å². The molecule has 1 fully saturated rings. The molecule has 1 aliphatic rings. The first-order valence-corrected chi connectivity index (χ1v) is 5.98. The summed E-state index contributed by atoms with van der Waals surface area (Å²) in [5, 5.41) is 4.46. The molecule has 0 aliphatic carbocycles. The van der Waals surface area contributed by atoms with E-state index in [0.717, 1.165) is 18.5 Å². The van der Waals surface area contributed by atoms with Crippen molar-refractivity contribution in [3.05, 3.63) is 29.7 Å². The topological polar surface area (TPSA) is 82.5 Å². The highest BCUT2D eigenvalue weighted by molar-refractivity contribution is 6.00. The molecule has 0 bridgehead atoms. The van der Waals surface area contributed by atoms with E-state index in [4.69, 9.17) is 10.5 Å². The van der Waals surface area contributed by atoms with Gasteiger partial charge in [0.2, 0.25) is 0 Å². The average molecular weight is 246 g/mol. The summed E-state index contributed by atoms with van der Waals surface area (Å²) < 4.78 is 6.95. The average Bonchev–Trinajstić information content (AvgIpc) is 2.79. The number of amides is 1. The second kappa shape index (κ2) is 4.38. The molecule has 0 unspecified atom stereocenters. The van der Waals surface area contributed by atoms with Gasteiger partial charge in [0.25, 0.3) is 5.91 Å². The molecular weight excluding hydrogens is 232 g/mol. The number of hydrogen-bond donors (Lipinski definition) is 1. The zero-order valence-corrected chi connectivity index (χ0v) is 9.87. The van der Waals surface area contributed by atoms with Gasteiger partial charge >= 0.3 is 0 Å². The zero-order valence-electron chi connectivity index (χ0n) is 9.87. The van der Waals surface area contributed by atoms with Gasteiger partial charge in [-0.2, -0.15) is 5.10 Å². The molecule has 3 heterocycles. The van der Waals surface area contributed by atoms with Crippen molar-refractivity contribution in [3.8, 4) is 0 Å². The lowest BCUT2D eigenvalue weighted by molar-refractivity contribution is 0.0836. The summed E-state index contributed by atoms with van der Waals surface area (Å²) in [7, 11) is 0. The monoisotopic (exact) mass is 246 g/mol. The zero-order chi connectivity index (χ0) is 12.5. The van der Waals surface area contributed by atoms with Gasteiger partial charge < -0.3 is 10.5 Å². The van der Waals surface area contributed by atoms with E-state index in [1.165, 1.54) is 0 Å². The van der Waals surface area contributed by atoms with Crippen LogP contribution in [0.2, 0.25) is 0 Å². The van der Waals surface area contributed by atoms with Crippen molar-refractivity contribution >= 4 is 11.6 Å². The largest absolute Gasteiger partial charge is 0.381 e. The molecule has 6 heteroatoms. The number of rotatable bonds is 2. The number of carbonyl (C=O) groups is 1. The summed E-state index contributed by atoms with van der Waals surface area (Å²) >= 11 is 0. The predicted octanol–water partition coefficient (Wildman–Crippen LogP) is 0.722. The Morgan fingerprint density at radius 3 is 2.94 bits per heavy atom. The van der Waals surface area contributed by atoms with Crippen LogP contribution < -0.4 is 5.73 Å². The third-order valence-corrected chi connectivity index (χ3v) is 3.28. The van der Waals surface area contributed by atoms with Crippen LogP contribution in [0, 0.1) is 0 Å². The van der Waals surface area contributed by atoms with E-state index >= 15 is 0 Å². The normalized spacial score (nSPS) is 17.1. The van der Waals surface area contributed by atoms with E-state index in [1.54, 1.807) is 23.0 Å². The molecule has 6 nitrogen and oxygen atoms in total. The van der Waals surface area contributed by atoms with Gasteiger partial charge in [-0.1, -0.05) is 0 Å². The molecule has 2 N–H and O–H groups in total. The predicted molar refractivity (Wildman–Crippen MR) is 64.3 cm³/mol. The standard InChI is InChI=1S/C12H14N4O2/c13-11(17)9-10(8-2-6-18-7-3-8)15-16-5-1-4-14-12(9)16/h1,4-5,8H,2-3,6-7H2,(H2,13,17). The first-order valence-electron chi connectivity index (χ1n) is 5.98. The SMILES string of the molecule is NC(=O)c1c(C2CCOCC2)nn2cccnc12. The van der Waals surface area contributed by atoms with Crippen LogP contribution in [0.1, 0.15) is 34.8 Å². The Labute approximate surface area is 104 Å². The summed E-state index contributed by atoms with van der Waals surface area (Å²) in [6, 6.07) is 1.78. The van der Waals surface area contributed by atoms with Gasteiger partial charge in [-0.25, -0.2) is 9.50 Å². The highest BCUT2D eigenvalue weighted by Crippen LogP contribution is 2.29. The van der Waals surface area contributed by atoms with Crippen LogP contribution >= 0.6 is 0 Å². The van der Waals surface area contributed by atoms with Crippen molar-refractivity contribution < 1.29 is 9.53 Å². The summed E-state index contributed by atoms with van der Waals surface area (Å²) in [5.41, 5.74) is 7.20. The van der Waals surface area contributed by atoms with E-state index in [0.29, 0.717) is 24.4 Å². The van der Waals surface area contributed by atoms with Crippen molar-refractivity contribution in [1.29, 1.82) is 0 Å². The Bertz CT molecular complexity index is 587. The van der Waals surface area contributed by atoms with E-state index in [2.05, 4.69) is 10.1 Å². The highest BCUT2D eigenvalue weighted by atomic mass is 16.5. The number of aromatic nitrogens is 3. The van der Waals surface area contributed by atoms with Gasteiger partial charge in [-0.05, 0) is 18.9 Å². The smallest absolute Gasteiger partial charge is 0.254 e. The fourth-order valence-corrected chi connectivity index (χ4v) is 2.40. The minimum absolute atomic E-state index is 0.225. The maximum atomic E-state index is 11.6. The molecule has 0 atom stereocenters. The third kappa shape index (κ3) is 1.74. The third-order valence-electron chi connectivity index (χ3n) is 3.28. The van der Waals surface area contributed by atoms with Crippen molar-refractivity contribution in [3.63, 3.8) is 0 Å². The van der Waals surface area contributed by atoms with Crippen molar-refractivity contribution in [2.75, 3.05) is 13.2 Å². The molecule has 2 aromatic heterocycles. The Morgan fingerprint density at radius 2 is 2.22 bits per heavy atom. The number of carbonyl (C=O) groups excluding carboxylic acids is 1. The van der Waals surface area contributed by atoms with Gasteiger partial charge in [-0.3, -0.25) is 4.79 Å².